The van der Waals surface area contributed by atoms with Crippen LogP contribution in [-0.4, -0.2) is 29.4 Å². The van der Waals surface area contributed by atoms with E-state index in [1.165, 1.54) is 0 Å². The van der Waals surface area contributed by atoms with Crippen LogP contribution in [0.5, 0.6) is 5.75 Å². The Kier molecular flexibility index (Phi) is 9.04. The van der Waals surface area contributed by atoms with Crippen molar-refractivity contribution < 1.29 is 19.1 Å². The van der Waals surface area contributed by atoms with Crippen molar-refractivity contribution in [2.45, 2.75) is 19.8 Å². The van der Waals surface area contributed by atoms with Gasteiger partial charge in [-0.1, -0.05) is 23.7 Å². The molecule has 0 bridgehead atoms. The first kappa shape index (κ1) is 23.1. The summed E-state index contributed by atoms with van der Waals surface area (Å²) in [5.74, 6) is -0.587. The number of halogens is 1. The van der Waals surface area contributed by atoms with E-state index >= 15 is 0 Å². The molecule has 8 nitrogen and oxygen atoms in total. The molecule has 3 amide bonds. The standard InChI is InChI=1S/C20H21ClN4O4S/c1-2-29-14-9-7-13(8-10-14)22-17(26)11-12-18(27)24-25-20(30)23-19(28)15-5-3-4-6-16(15)21/h3-10H,2,11-12H2,1H3,(H,22,26)(H,24,27)(H2,23,25,28,30). The molecule has 0 aromatic heterocycles. The largest absolute Gasteiger partial charge is 0.494 e. The third-order valence-corrected chi connectivity index (χ3v) is 4.22. The second-order valence-electron chi connectivity index (χ2n) is 5.94. The normalized spacial score (nSPS) is 9.93. The Bertz CT molecular complexity index is 921. The first-order valence-corrected chi connectivity index (χ1v) is 9.85. The van der Waals surface area contributed by atoms with Gasteiger partial charge < -0.3 is 10.1 Å². The molecule has 10 heteroatoms. The van der Waals surface area contributed by atoms with Crippen LogP contribution in [0.2, 0.25) is 5.02 Å². The molecule has 0 radical (unpaired) electrons. The number of anilines is 1. The molecule has 0 aliphatic heterocycles. The van der Waals surface area contributed by atoms with Crippen LogP contribution in [0.25, 0.3) is 0 Å². The molecule has 30 heavy (non-hydrogen) atoms. The van der Waals surface area contributed by atoms with Crippen molar-refractivity contribution in [2.24, 2.45) is 0 Å². The number of ether oxygens (including phenoxy) is 1. The molecule has 0 saturated carbocycles. The second-order valence-corrected chi connectivity index (χ2v) is 6.76. The van der Waals surface area contributed by atoms with Crippen molar-refractivity contribution in [1.29, 1.82) is 0 Å². The van der Waals surface area contributed by atoms with E-state index in [1.54, 1.807) is 48.5 Å². The van der Waals surface area contributed by atoms with E-state index in [9.17, 15) is 14.4 Å². The minimum atomic E-state index is -0.512. The summed E-state index contributed by atoms with van der Waals surface area (Å²) in [7, 11) is 0. The fourth-order valence-electron chi connectivity index (χ4n) is 2.29. The summed E-state index contributed by atoms with van der Waals surface area (Å²) in [6, 6.07) is 13.4. The highest BCUT2D eigenvalue weighted by atomic mass is 35.5. The number of benzene rings is 2. The molecule has 0 fully saturated rings. The number of hydrogen-bond donors (Lipinski definition) is 4. The van der Waals surface area contributed by atoms with Gasteiger partial charge in [0.15, 0.2) is 5.11 Å². The van der Waals surface area contributed by atoms with Gasteiger partial charge in [0.25, 0.3) is 5.91 Å². The van der Waals surface area contributed by atoms with Crippen molar-refractivity contribution in [3.63, 3.8) is 0 Å². The molecule has 0 spiro atoms. The molecule has 4 N–H and O–H groups in total. The van der Waals surface area contributed by atoms with Gasteiger partial charge in [-0.25, -0.2) is 0 Å². The summed E-state index contributed by atoms with van der Waals surface area (Å²) < 4.78 is 5.33. The van der Waals surface area contributed by atoms with Gasteiger partial charge in [0.2, 0.25) is 11.8 Å². The van der Waals surface area contributed by atoms with Crippen molar-refractivity contribution >= 4 is 52.3 Å². The summed E-state index contributed by atoms with van der Waals surface area (Å²) in [5.41, 5.74) is 5.58. The van der Waals surface area contributed by atoms with Crippen LogP contribution in [0.1, 0.15) is 30.1 Å². The third kappa shape index (κ3) is 7.69. The fraction of sp³-hybridized carbons (Fsp3) is 0.200. The van der Waals surface area contributed by atoms with Gasteiger partial charge in [-0.05, 0) is 55.5 Å². The van der Waals surface area contributed by atoms with Crippen molar-refractivity contribution in [3.05, 3.63) is 59.1 Å². The highest BCUT2D eigenvalue weighted by Gasteiger charge is 2.12. The number of hydrogen-bond acceptors (Lipinski definition) is 5. The minimum absolute atomic E-state index is 0.0283. The first-order chi connectivity index (χ1) is 14.4. The first-order valence-electron chi connectivity index (χ1n) is 9.06. The van der Waals surface area contributed by atoms with E-state index in [0.717, 1.165) is 0 Å². The Morgan fingerprint density at radius 2 is 1.63 bits per heavy atom. The predicted octanol–water partition coefficient (Wildman–Crippen LogP) is 2.79. The van der Waals surface area contributed by atoms with Gasteiger partial charge in [0.05, 0.1) is 17.2 Å². The zero-order valence-corrected chi connectivity index (χ0v) is 17.7. The van der Waals surface area contributed by atoms with Crippen molar-refractivity contribution in [1.82, 2.24) is 16.2 Å². The zero-order valence-electron chi connectivity index (χ0n) is 16.2. The van der Waals surface area contributed by atoms with Gasteiger partial charge in [0.1, 0.15) is 5.75 Å². The van der Waals surface area contributed by atoms with Gasteiger partial charge in [-0.3, -0.25) is 30.6 Å². The highest BCUT2D eigenvalue weighted by Crippen LogP contribution is 2.16. The van der Waals surface area contributed by atoms with Crippen LogP contribution in [-0.2, 0) is 9.59 Å². The number of thiocarbonyl (C=S) groups is 1. The summed E-state index contributed by atoms with van der Waals surface area (Å²) in [6.07, 6.45) is -0.101. The smallest absolute Gasteiger partial charge is 0.258 e. The third-order valence-electron chi connectivity index (χ3n) is 3.69. The predicted molar refractivity (Wildman–Crippen MR) is 118 cm³/mol. The Morgan fingerprint density at radius 3 is 2.30 bits per heavy atom. The molecule has 0 heterocycles. The van der Waals surface area contributed by atoms with Crippen LogP contribution in [0.3, 0.4) is 0 Å². The molecule has 0 aliphatic carbocycles. The van der Waals surface area contributed by atoms with Crippen LogP contribution in [0.15, 0.2) is 48.5 Å². The summed E-state index contributed by atoms with van der Waals surface area (Å²) in [4.78, 5) is 35.9. The Hall–Kier alpha value is -3.17. The number of amides is 3. The molecule has 2 rings (SSSR count). The maximum atomic E-state index is 12.1. The lowest BCUT2D eigenvalue weighted by Crippen LogP contribution is -2.48. The fourth-order valence-corrected chi connectivity index (χ4v) is 2.65. The van der Waals surface area contributed by atoms with Gasteiger partial charge in [-0.15, -0.1) is 0 Å². The molecule has 158 valence electrons. The molecule has 0 atom stereocenters. The lowest BCUT2D eigenvalue weighted by atomic mass is 10.2. The average Bonchev–Trinajstić information content (AvgIpc) is 2.72. The molecular formula is C20H21ClN4O4S. The Balaban J connectivity index is 1.68. The number of nitrogens with one attached hydrogen (secondary N) is 4. The van der Waals surface area contributed by atoms with Crippen LogP contribution < -0.4 is 26.2 Å². The lowest BCUT2D eigenvalue weighted by molar-refractivity contribution is -0.124. The maximum absolute atomic E-state index is 12.1. The Morgan fingerprint density at radius 1 is 0.967 bits per heavy atom. The number of hydrazine groups is 1. The van der Waals surface area contributed by atoms with E-state index in [0.29, 0.717) is 18.0 Å². The number of rotatable bonds is 7. The summed E-state index contributed by atoms with van der Waals surface area (Å²) >= 11 is 10.9. The molecule has 2 aromatic carbocycles. The topological polar surface area (TPSA) is 109 Å². The average molecular weight is 449 g/mol. The van der Waals surface area contributed by atoms with Crippen molar-refractivity contribution in [2.75, 3.05) is 11.9 Å². The second kappa shape index (κ2) is 11.7. The van der Waals surface area contributed by atoms with Gasteiger partial charge >= 0.3 is 0 Å². The molecule has 2 aromatic rings. The summed E-state index contributed by atoms with van der Waals surface area (Å²) in [6.45, 7) is 2.44. The minimum Gasteiger partial charge on any atom is -0.494 e. The monoisotopic (exact) mass is 448 g/mol. The zero-order chi connectivity index (χ0) is 21.9. The molecular weight excluding hydrogens is 428 g/mol. The highest BCUT2D eigenvalue weighted by molar-refractivity contribution is 7.80. The number of carbonyl (C=O) groups is 3. The number of carbonyl (C=O) groups excluding carboxylic acids is 3. The lowest BCUT2D eigenvalue weighted by Gasteiger charge is -2.11. The van der Waals surface area contributed by atoms with E-state index in [1.807, 2.05) is 6.92 Å². The van der Waals surface area contributed by atoms with E-state index < -0.39 is 11.8 Å². The maximum Gasteiger partial charge on any atom is 0.258 e. The van der Waals surface area contributed by atoms with E-state index in [2.05, 4.69) is 21.5 Å². The van der Waals surface area contributed by atoms with Gasteiger partial charge in [0, 0.05) is 18.5 Å². The van der Waals surface area contributed by atoms with Crippen LogP contribution in [0.4, 0.5) is 5.69 Å². The van der Waals surface area contributed by atoms with Crippen LogP contribution in [0, 0.1) is 0 Å². The Labute approximate surface area is 184 Å². The molecule has 0 saturated heterocycles. The van der Waals surface area contributed by atoms with E-state index in [4.69, 9.17) is 28.6 Å². The summed E-state index contributed by atoms with van der Waals surface area (Å²) in [5, 5.41) is 5.26. The SMILES string of the molecule is CCOc1ccc(NC(=O)CCC(=O)NNC(=S)NC(=O)c2ccccc2Cl)cc1. The van der Waals surface area contributed by atoms with Gasteiger partial charge in [-0.2, -0.15) is 0 Å². The van der Waals surface area contributed by atoms with Crippen LogP contribution >= 0.6 is 23.8 Å². The molecule has 0 aliphatic rings. The molecule has 0 unspecified atom stereocenters. The van der Waals surface area contributed by atoms with E-state index in [-0.39, 0.29) is 34.4 Å². The quantitative estimate of drug-likeness (QED) is 0.383. The van der Waals surface area contributed by atoms with Crippen molar-refractivity contribution in [3.8, 4) is 5.75 Å².